The first-order valence-electron chi connectivity index (χ1n) is 12.1. The average Bonchev–Trinajstić information content (AvgIpc) is 3.22. The van der Waals surface area contributed by atoms with Crippen LogP contribution in [0.15, 0.2) is 36.8 Å². The van der Waals surface area contributed by atoms with Crippen LogP contribution in [-0.2, 0) is 10.3 Å². The molecule has 0 bridgehead atoms. The fraction of sp³-hybridized carbons (Fsp3) is 0.520. The van der Waals surface area contributed by atoms with E-state index in [1.165, 1.54) is 0 Å². The summed E-state index contributed by atoms with van der Waals surface area (Å²) < 4.78 is 2.01. The number of hydrogen-bond acceptors (Lipinski definition) is 7. The molecule has 1 amide bonds. The van der Waals surface area contributed by atoms with Crippen molar-refractivity contribution in [3.8, 4) is 0 Å². The van der Waals surface area contributed by atoms with Crippen LogP contribution in [0, 0.1) is 5.92 Å². The quantitative estimate of drug-likeness (QED) is 0.581. The zero-order valence-corrected chi connectivity index (χ0v) is 21.7. The Balaban J connectivity index is 1.25. The lowest BCUT2D eigenvalue weighted by atomic mass is 9.95. The molecule has 0 saturated carbocycles. The van der Waals surface area contributed by atoms with Crippen LogP contribution in [0.1, 0.15) is 33.4 Å². The highest BCUT2D eigenvalue weighted by Crippen LogP contribution is 2.32. The van der Waals surface area contributed by atoms with E-state index >= 15 is 0 Å². The van der Waals surface area contributed by atoms with Crippen molar-refractivity contribution >= 4 is 34.9 Å². The van der Waals surface area contributed by atoms with Crippen LogP contribution < -0.4 is 15.1 Å². The SMILES string of the molecule is C[C@@H]1CN(c2ncc(Cl)c(N3CC(C(=O)NC(C)(C)c4cnc5ccccn45)C3)n2)C[C@@H](C)N1C. The highest BCUT2D eigenvalue weighted by molar-refractivity contribution is 6.32. The monoisotopic (exact) mass is 496 g/mol. The molecular formula is C25H33ClN8O. The molecule has 5 rings (SSSR count). The molecule has 0 unspecified atom stereocenters. The van der Waals surface area contributed by atoms with E-state index in [1.807, 2.05) is 48.8 Å². The van der Waals surface area contributed by atoms with Crippen LogP contribution in [0.3, 0.4) is 0 Å². The Morgan fingerprint density at radius 3 is 2.49 bits per heavy atom. The van der Waals surface area contributed by atoms with Gasteiger partial charge in [-0.25, -0.2) is 9.97 Å². The molecule has 3 aromatic heterocycles. The molecule has 0 aliphatic carbocycles. The Kier molecular flexibility index (Phi) is 6.09. The maximum atomic E-state index is 13.1. The summed E-state index contributed by atoms with van der Waals surface area (Å²) in [5.74, 6) is 1.27. The summed E-state index contributed by atoms with van der Waals surface area (Å²) >= 11 is 6.48. The number of halogens is 1. The van der Waals surface area contributed by atoms with Gasteiger partial charge in [-0.1, -0.05) is 17.7 Å². The Morgan fingerprint density at radius 2 is 1.77 bits per heavy atom. The number of nitrogens with zero attached hydrogens (tertiary/aromatic N) is 7. The largest absolute Gasteiger partial charge is 0.353 e. The second-order valence-electron chi connectivity index (χ2n) is 10.4. The van der Waals surface area contributed by atoms with Gasteiger partial charge in [-0.2, -0.15) is 4.98 Å². The Morgan fingerprint density at radius 1 is 1.06 bits per heavy atom. The van der Waals surface area contributed by atoms with Crippen LogP contribution in [0.25, 0.3) is 5.65 Å². The molecule has 10 heteroatoms. The van der Waals surface area contributed by atoms with Crippen LogP contribution in [0.5, 0.6) is 0 Å². The normalized spacial score (nSPS) is 21.9. The van der Waals surface area contributed by atoms with E-state index in [4.69, 9.17) is 16.6 Å². The minimum atomic E-state index is -0.563. The average molecular weight is 497 g/mol. The van der Waals surface area contributed by atoms with Crippen molar-refractivity contribution in [1.29, 1.82) is 0 Å². The van der Waals surface area contributed by atoms with E-state index in [0.29, 0.717) is 42.0 Å². The van der Waals surface area contributed by atoms with Crippen molar-refractivity contribution in [3.63, 3.8) is 0 Å². The van der Waals surface area contributed by atoms with Gasteiger partial charge in [0.15, 0.2) is 5.82 Å². The summed E-state index contributed by atoms with van der Waals surface area (Å²) in [7, 11) is 2.16. The lowest BCUT2D eigenvalue weighted by molar-refractivity contribution is -0.127. The summed E-state index contributed by atoms with van der Waals surface area (Å²) in [5, 5.41) is 3.72. The van der Waals surface area contributed by atoms with Gasteiger partial charge in [0, 0.05) is 44.5 Å². The standard InChI is InChI=1S/C25H33ClN8O/c1-16-12-33(13-17(2)31(16)5)24-28-10-19(26)22(29-24)32-14-18(15-32)23(35)30-25(3,4)20-11-27-21-8-6-7-9-34(20)21/h6-11,16-18H,12-15H2,1-5H3,(H,30,35)/t16-,17-/m1/s1. The van der Waals surface area contributed by atoms with Crippen LogP contribution in [-0.4, -0.2) is 75.5 Å². The predicted octanol–water partition coefficient (Wildman–Crippen LogP) is 2.79. The summed E-state index contributed by atoms with van der Waals surface area (Å²) in [6.45, 7) is 11.3. The molecule has 0 aromatic carbocycles. The number of likely N-dealkylation sites (N-methyl/N-ethyl adjacent to an activating group) is 1. The van der Waals surface area contributed by atoms with Crippen molar-refractivity contribution in [2.75, 3.05) is 43.0 Å². The van der Waals surface area contributed by atoms with Gasteiger partial charge in [-0.3, -0.25) is 9.69 Å². The number of imidazole rings is 1. The number of carbonyl (C=O) groups is 1. The number of fused-ring (bicyclic) bond motifs is 1. The van der Waals surface area contributed by atoms with Gasteiger partial charge in [-0.15, -0.1) is 0 Å². The Labute approximate surface area is 211 Å². The molecule has 35 heavy (non-hydrogen) atoms. The summed E-state index contributed by atoms with van der Waals surface area (Å²) in [6, 6.07) is 6.69. The zero-order chi connectivity index (χ0) is 24.9. The van der Waals surface area contributed by atoms with E-state index in [-0.39, 0.29) is 11.8 Å². The molecule has 2 atom stereocenters. The van der Waals surface area contributed by atoms with Gasteiger partial charge in [0.25, 0.3) is 0 Å². The van der Waals surface area contributed by atoms with Gasteiger partial charge in [0.05, 0.1) is 29.5 Å². The lowest BCUT2D eigenvalue weighted by Gasteiger charge is -2.43. The summed E-state index contributed by atoms with van der Waals surface area (Å²) in [4.78, 5) is 33.5. The molecular weight excluding hydrogens is 464 g/mol. The zero-order valence-electron chi connectivity index (χ0n) is 20.9. The number of pyridine rings is 1. The van der Waals surface area contributed by atoms with Crippen LogP contribution in [0.4, 0.5) is 11.8 Å². The molecule has 3 aromatic rings. The van der Waals surface area contributed by atoms with Gasteiger partial charge < -0.3 is 19.5 Å². The van der Waals surface area contributed by atoms with Crippen molar-refractivity contribution in [2.45, 2.75) is 45.3 Å². The van der Waals surface area contributed by atoms with Gasteiger partial charge in [0.2, 0.25) is 11.9 Å². The second kappa shape index (κ2) is 8.95. The number of carbonyl (C=O) groups excluding carboxylic acids is 1. The fourth-order valence-corrected chi connectivity index (χ4v) is 5.19. The molecule has 2 saturated heterocycles. The van der Waals surface area contributed by atoms with Crippen LogP contribution in [0.2, 0.25) is 5.02 Å². The third kappa shape index (κ3) is 4.43. The predicted molar refractivity (Wildman–Crippen MR) is 138 cm³/mol. The Bertz CT molecular complexity index is 1230. The third-order valence-corrected chi connectivity index (χ3v) is 7.67. The van der Waals surface area contributed by atoms with Crippen molar-refractivity contribution in [2.24, 2.45) is 5.92 Å². The molecule has 186 valence electrons. The number of anilines is 2. The number of aromatic nitrogens is 4. The van der Waals surface area contributed by atoms with Crippen molar-refractivity contribution in [1.82, 2.24) is 29.6 Å². The van der Waals surface area contributed by atoms with E-state index in [1.54, 1.807) is 6.20 Å². The third-order valence-electron chi connectivity index (χ3n) is 7.40. The molecule has 9 nitrogen and oxygen atoms in total. The van der Waals surface area contributed by atoms with Gasteiger partial charge in [0.1, 0.15) is 10.7 Å². The summed E-state index contributed by atoms with van der Waals surface area (Å²) in [5.41, 5.74) is 1.24. The first-order valence-corrected chi connectivity index (χ1v) is 12.5. The lowest BCUT2D eigenvalue weighted by Crippen LogP contribution is -2.57. The number of hydrogen-bond donors (Lipinski definition) is 1. The van der Waals surface area contributed by atoms with Crippen LogP contribution >= 0.6 is 11.6 Å². The molecule has 2 aliphatic heterocycles. The highest BCUT2D eigenvalue weighted by atomic mass is 35.5. The van der Waals surface area contributed by atoms with Crippen molar-refractivity contribution in [3.05, 3.63) is 47.5 Å². The molecule has 5 heterocycles. The molecule has 0 spiro atoms. The Hall–Kier alpha value is -2.91. The van der Waals surface area contributed by atoms with E-state index in [9.17, 15) is 4.79 Å². The number of piperazine rings is 1. The van der Waals surface area contributed by atoms with E-state index < -0.39 is 5.54 Å². The molecule has 2 fully saturated rings. The highest BCUT2D eigenvalue weighted by Gasteiger charge is 2.38. The smallest absolute Gasteiger partial charge is 0.227 e. The van der Waals surface area contributed by atoms with Gasteiger partial charge >= 0.3 is 0 Å². The van der Waals surface area contributed by atoms with Gasteiger partial charge in [-0.05, 0) is 46.9 Å². The first-order chi connectivity index (χ1) is 16.6. The number of nitrogens with one attached hydrogen (secondary N) is 1. The maximum absolute atomic E-state index is 13.1. The second-order valence-corrected chi connectivity index (χ2v) is 10.8. The number of rotatable bonds is 5. The topological polar surface area (TPSA) is 81.9 Å². The summed E-state index contributed by atoms with van der Waals surface area (Å²) in [6.07, 6.45) is 5.46. The fourth-order valence-electron chi connectivity index (χ4n) is 4.98. The maximum Gasteiger partial charge on any atom is 0.227 e. The van der Waals surface area contributed by atoms with E-state index in [2.05, 4.69) is 50.9 Å². The molecule has 1 N–H and O–H groups in total. The molecule has 0 radical (unpaired) electrons. The molecule has 2 aliphatic rings. The van der Waals surface area contributed by atoms with E-state index in [0.717, 1.165) is 24.4 Å². The minimum absolute atomic E-state index is 0.0178. The number of amides is 1. The minimum Gasteiger partial charge on any atom is -0.353 e. The first kappa shape index (κ1) is 23.8. The van der Waals surface area contributed by atoms with Crippen molar-refractivity contribution < 1.29 is 4.79 Å².